The van der Waals surface area contributed by atoms with Gasteiger partial charge in [-0.05, 0) is 29.6 Å². The number of nitrogens with one attached hydrogen (secondary N) is 1. The Morgan fingerprint density at radius 1 is 1.47 bits per heavy atom. The zero-order valence-corrected chi connectivity index (χ0v) is 10.6. The number of hydrogen-bond acceptors (Lipinski definition) is 6. The normalized spacial score (nSPS) is 9.53. The highest BCUT2D eigenvalue weighted by Gasteiger charge is 2.09. The SMILES string of the molecule is O=C(Nc1cccc(C#CCCO)n1)c1csnn1. The highest BCUT2D eigenvalue weighted by Crippen LogP contribution is 2.06. The Hall–Kier alpha value is -2.30. The van der Waals surface area contributed by atoms with Gasteiger partial charge in [0.25, 0.3) is 5.91 Å². The summed E-state index contributed by atoms with van der Waals surface area (Å²) in [5.41, 5.74) is 0.784. The highest BCUT2D eigenvalue weighted by atomic mass is 32.1. The fourth-order valence-electron chi connectivity index (χ4n) is 1.23. The maximum Gasteiger partial charge on any atom is 0.278 e. The molecule has 0 saturated carbocycles. The first-order chi connectivity index (χ1) is 9.29. The van der Waals surface area contributed by atoms with Crippen molar-refractivity contribution in [1.82, 2.24) is 14.6 Å². The molecule has 1 amide bonds. The number of anilines is 1. The van der Waals surface area contributed by atoms with Gasteiger partial charge in [0, 0.05) is 11.8 Å². The fourth-order valence-corrected chi connectivity index (χ4v) is 1.66. The fraction of sp³-hybridized carbons (Fsp3) is 0.167. The van der Waals surface area contributed by atoms with Crippen LogP contribution in [0.4, 0.5) is 5.82 Å². The highest BCUT2D eigenvalue weighted by molar-refractivity contribution is 7.03. The van der Waals surface area contributed by atoms with Gasteiger partial charge in [0.1, 0.15) is 11.5 Å². The number of hydrogen-bond donors (Lipinski definition) is 2. The van der Waals surface area contributed by atoms with Crippen LogP contribution in [0.5, 0.6) is 0 Å². The second-order valence-electron chi connectivity index (χ2n) is 3.43. The molecule has 0 radical (unpaired) electrons. The topological polar surface area (TPSA) is 88.0 Å². The van der Waals surface area contributed by atoms with E-state index in [1.807, 2.05) is 0 Å². The Morgan fingerprint density at radius 2 is 2.37 bits per heavy atom. The molecule has 0 saturated heterocycles. The van der Waals surface area contributed by atoms with Crippen molar-refractivity contribution in [3.8, 4) is 11.8 Å². The number of aliphatic hydroxyl groups is 1. The van der Waals surface area contributed by atoms with Gasteiger partial charge in [0.05, 0.1) is 6.61 Å². The van der Waals surface area contributed by atoms with Gasteiger partial charge in [-0.3, -0.25) is 4.79 Å². The Bertz CT molecular complexity index is 616. The van der Waals surface area contributed by atoms with Gasteiger partial charge in [-0.2, -0.15) is 0 Å². The van der Waals surface area contributed by atoms with E-state index in [2.05, 4.69) is 31.7 Å². The van der Waals surface area contributed by atoms with Crippen LogP contribution in [-0.2, 0) is 0 Å². The van der Waals surface area contributed by atoms with Crippen LogP contribution < -0.4 is 5.32 Å². The minimum Gasteiger partial charge on any atom is -0.395 e. The first-order valence-corrected chi connectivity index (χ1v) is 6.28. The van der Waals surface area contributed by atoms with Crippen molar-refractivity contribution < 1.29 is 9.90 Å². The van der Waals surface area contributed by atoms with E-state index in [1.54, 1.807) is 23.6 Å². The van der Waals surface area contributed by atoms with Gasteiger partial charge in [-0.25, -0.2) is 4.98 Å². The molecular formula is C12H10N4O2S. The molecule has 2 heterocycles. The third-order valence-electron chi connectivity index (χ3n) is 2.04. The predicted octanol–water partition coefficient (Wildman–Crippen LogP) is 0.919. The molecule has 7 heteroatoms. The van der Waals surface area contributed by atoms with Crippen LogP contribution in [-0.4, -0.2) is 32.2 Å². The van der Waals surface area contributed by atoms with Gasteiger partial charge < -0.3 is 10.4 Å². The van der Waals surface area contributed by atoms with Gasteiger partial charge in [0.2, 0.25) is 0 Å². The summed E-state index contributed by atoms with van der Waals surface area (Å²) in [6.45, 7) is 0.0141. The lowest BCUT2D eigenvalue weighted by atomic mass is 10.3. The van der Waals surface area contributed by atoms with E-state index in [1.165, 1.54) is 0 Å². The number of aliphatic hydroxyl groups excluding tert-OH is 1. The van der Waals surface area contributed by atoms with Crippen molar-refractivity contribution in [3.63, 3.8) is 0 Å². The molecule has 0 aliphatic rings. The summed E-state index contributed by atoms with van der Waals surface area (Å²) in [4.78, 5) is 15.9. The Balaban J connectivity index is 2.07. The van der Waals surface area contributed by atoms with Crippen LogP contribution in [0.3, 0.4) is 0 Å². The maximum atomic E-state index is 11.7. The summed E-state index contributed by atoms with van der Waals surface area (Å²) in [6, 6.07) is 5.13. The van der Waals surface area contributed by atoms with Crippen LogP contribution in [0.15, 0.2) is 23.6 Å². The Labute approximate surface area is 113 Å². The second-order valence-corrected chi connectivity index (χ2v) is 4.04. The van der Waals surface area contributed by atoms with Crippen LogP contribution >= 0.6 is 11.5 Å². The molecule has 6 nitrogen and oxygen atoms in total. The van der Waals surface area contributed by atoms with Crippen LogP contribution in [0.1, 0.15) is 22.6 Å². The smallest absolute Gasteiger partial charge is 0.278 e. The molecule has 2 N–H and O–H groups in total. The lowest BCUT2D eigenvalue weighted by molar-refractivity contribution is 0.102. The summed E-state index contributed by atoms with van der Waals surface area (Å²) in [7, 11) is 0. The standard InChI is InChI=1S/C12H10N4O2S/c17-7-2-1-4-9-5-3-6-11(13-9)14-12(18)10-8-19-16-15-10/h3,5-6,8,17H,2,7H2,(H,13,14,18). The molecule has 0 aromatic carbocycles. The van der Waals surface area contributed by atoms with Crippen LogP contribution in [0.2, 0.25) is 0 Å². The van der Waals surface area contributed by atoms with Crippen LogP contribution in [0, 0.1) is 11.8 Å². The minimum atomic E-state index is -0.360. The van der Waals surface area contributed by atoms with E-state index in [4.69, 9.17) is 5.11 Å². The van der Waals surface area contributed by atoms with Crippen molar-refractivity contribution in [2.75, 3.05) is 11.9 Å². The third-order valence-corrected chi connectivity index (χ3v) is 2.54. The average molecular weight is 274 g/mol. The Morgan fingerprint density at radius 3 is 3.11 bits per heavy atom. The van der Waals surface area contributed by atoms with Crippen molar-refractivity contribution in [2.45, 2.75) is 6.42 Å². The van der Waals surface area contributed by atoms with Gasteiger partial charge in [-0.1, -0.05) is 16.5 Å². The van der Waals surface area contributed by atoms with Gasteiger partial charge in [-0.15, -0.1) is 5.10 Å². The van der Waals surface area contributed by atoms with Crippen molar-refractivity contribution in [1.29, 1.82) is 0 Å². The van der Waals surface area contributed by atoms with Crippen LogP contribution in [0.25, 0.3) is 0 Å². The van der Waals surface area contributed by atoms with Crippen molar-refractivity contribution >= 4 is 23.3 Å². The molecule has 0 atom stereocenters. The molecular weight excluding hydrogens is 264 g/mol. The summed E-state index contributed by atoms with van der Waals surface area (Å²) < 4.78 is 3.62. The van der Waals surface area contributed by atoms with E-state index in [0.29, 0.717) is 17.9 Å². The molecule has 2 aromatic heterocycles. The molecule has 0 spiro atoms. The Kier molecular flexibility index (Phi) is 4.55. The zero-order valence-electron chi connectivity index (χ0n) is 9.83. The number of pyridine rings is 1. The second kappa shape index (κ2) is 6.58. The van der Waals surface area contributed by atoms with E-state index >= 15 is 0 Å². The number of aromatic nitrogens is 3. The molecule has 96 valence electrons. The van der Waals surface area contributed by atoms with Gasteiger partial charge >= 0.3 is 0 Å². The molecule has 0 fully saturated rings. The van der Waals surface area contributed by atoms with E-state index in [-0.39, 0.29) is 18.2 Å². The zero-order chi connectivity index (χ0) is 13.5. The number of amides is 1. The average Bonchev–Trinajstić information content (AvgIpc) is 2.93. The molecule has 2 rings (SSSR count). The van der Waals surface area contributed by atoms with E-state index < -0.39 is 0 Å². The predicted molar refractivity (Wildman–Crippen MR) is 70.7 cm³/mol. The maximum absolute atomic E-state index is 11.7. The molecule has 0 aliphatic heterocycles. The summed E-state index contributed by atoms with van der Waals surface area (Å²) in [5.74, 6) is 5.60. The van der Waals surface area contributed by atoms with Gasteiger partial charge in [0.15, 0.2) is 5.69 Å². The van der Waals surface area contributed by atoms with Crippen molar-refractivity contribution in [2.24, 2.45) is 0 Å². The third kappa shape index (κ3) is 3.84. The lowest BCUT2D eigenvalue weighted by Gasteiger charge is -2.01. The van der Waals surface area contributed by atoms with E-state index in [9.17, 15) is 4.79 Å². The largest absolute Gasteiger partial charge is 0.395 e. The first-order valence-electron chi connectivity index (χ1n) is 5.45. The lowest BCUT2D eigenvalue weighted by Crippen LogP contribution is -2.13. The summed E-state index contributed by atoms with van der Waals surface area (Å²) >= 11 is 1.11. The summed E-state index contributed by atoms with van der Waals surface area (Å²) in [6.07, 6.45) is 0.392. The molecule has 0 aliphatic carbocycles. The number of nitrogens with zero attached hydrogens (tertiary/aromatic N) is 3. The monoisotopic (exact) mass is 274 g/mol. The number of carbonyl (C=O) groups excluding carboxylic acids is 1. The first kappa shape index (κ1) is 13.1. The number of rotatable bonds is 3. The molecule has 2 aromatic rings. The molecule has 19 heavy (non-hydrogen) atoms. The summed E-state index contributed by atoms with van der Waals surface area (Å²) in [5, 5.41) is 16.5. The molecule has 0 bridgehead atoms. The van der Waals surface area contributed by atoms with Crippen molar-refractivity contribution in [3.05, 3.63) is 35.0 Å². The van der Waals surface area contributed by atoms with E-state index in [0.717, 1.165) is 11.5 Å². The quantitative estimate of drug-likeness (QED) is 0.813. The minimum absolute atomic E-state index is 0.0141. The molecule has 0 unspecified atom stereocenters. The number of carbonyl (C=O) groups is 1.